The minimum Gasteiger partial charge on any atom is -0.395 e. The number of nitrogens with one attached hydrogen (secondary N) is 1. The van der Waals surface area contributed by atoms with Crippen molar-refractivity contribution in [3.05, 3.63) is 0 Å². The lowest BCUT2D eigenvalue weighted by atomic mass is 10.0. The molecule has 2 fully saturated rings. The Bertz CT molecular complexity index is 246. The molecule has 0 radical (unpaired) electrons. The van der Waals surface area contributed by atoms with Gasteiger partial charge in [-0.1, -0.05) is 19.3 Å². The molecule has 98 valence electrons. The molecule has 4 heteroatoms. The van der Waals surface area contributed by atoms with E-state index in [0.29, 0.717) is 12.6 Å². The van der Waals surface area contributed by atoms with Gasteiger partial charge in [-0.05, 0) is 32.2 Å². The highest BCUT2D eigenvalue weighted by molar-refractivity contribution is 5.82. The third-order valence-corrected chi connectivity index (χ3v) is 4.00. The number of hydrogen-bond acceptors (Lipinski definition) is 3. The number of carbonyl (C=O) groups excluding carboxylic acids is 1. The normalized spacial score (nSPS) is 26.1. The third-order valence-electron chi connectivity index (χ3n) is 4.00. The zero-order chi connectivity index (χ0) is 12.1. The number of amides is 1. The minimum absolute atomic E-state index is 0.00380. The van der Waals surface area contributed by atoms with Gasteiger partial charge in [0.1, 0.15) is 0 Å². The molecule has 1 heterocycles. The van der Waals surface area contributed by atoms with Crippen molar-refractivity contribution in [2.75, 3.05) is 19.7 Å². The van der Waals surface area contributed by atoms with Crippen molar-refractivity contribution in [1.29, 1.82) is 0 Å². The number of hydrogen-bond donors (Lipinski definition) is 2. The maximum atomic E-state index is 12.4. The smallest absolute Gasteiger partial charge is 0.240 e. The van der Waals surface area contributed by atoms with Crippen LogP contribution in [0.5, 0.6) is 0 Å². The molecule has 2 aliphatic rings. The molecule has 0 unspecified atom stereocenters. The van der Waals surface area contributed by atoms with E-state index in [0.717, 1.165) is 32.2 Å². The summed E-state index contributed by atoms with van der Waals surface area (Å²) in [6.45, 7) is 1.53. The fourth-order valence-corrected chi connectivity index (χ4v) is 3.06. The first-order valence-corrected chi connectivity index (χ1v) is 6.97. The molecule has 2 rings (SSSR count). The Hall–Kier alpha value is -0.610. The van der Waals surface area contributed by atoms with Crippen LogP contribution in [0, 0.1) is 0 Å². The number of rotatable bonds is 4. The number of nitrogens with zero attached hydrogens (tertiary/aromatic N) is 1. The van der Waals surface area contributed by atoms with Crippen LogP contribution < -0.4 is 5.32 Å². The first-order chi connectivity index (χ1) is 8.33. The molecule has 1 aliphatic heterocycles. The summed E-state index contributed by atoms with van der Waals surface area (Å²) < 4.78 is 0. The summed E-state index contributed by atoms with van der Waals surface area (Å²) >= 11 is 0. The summed E-state index contributed by atoms with van der Waals surface area (Å²) in [5.74, 6) is 0.214. The first-order valence-electron chi connectivity index (χ1n) is 6.97. The van der Waals surface area contributed by atoms with Crippen molar-refractivity contribution in [3.8, 4) is 0 Å². The van der Waals surface area contributed by atoms with Crippen LogP contribution in [0.3, 0.4) is 0 Å². The van der Waals surface area contributed by atoms with Crippen molar-refractivity contribution >= 4 is 5.91 Å². The van der Waals surface area contributed by atoms with Crippen molar-refractivity contribution < 1.29 is 9.90 Å². The van der Waals surface area contributed by atoms with Gasteiger partial charge in [0.25, 0.3) is 0 Å². The first kappa shape index (κ1) is 12.8. The van der Waals surface area contributed by atoms with Gasteiger partial charge in [0.2, 0.25) is 5.91 Å². The quantitative estimate of drug-likeness (QED) is 0.767. The predicted molar refractivity (Wildman–Crippen MR) is 66.7 cm³/mol. The Labute approximate surface area is 103 Å². The minimum atomic E-state index is -0.00380. The van der Waals surface area contributed by atoms with Crippen molar-refractivity contribution in [1.82, 2.24) is 10.2 Å². The largest absolute Gasteiger partial charge is 0.395 e. The van der Waals surface area contributed by atoms with Gasteiger partial charge in [-0.3, -0.25) is 4.79 Å². The second-order valence-electron chi connectivity index (χ2n) is 5.20. The van der Waals surface area contributed by atoms with Gasteiger partial charge in [0.15, 0.2) is 0 Å². The summed E-state index contributed by atoms with van der Waals surface area (Å²) in [6.07, 6.45) is 7.93. The Morgan fingerprint density at radius 2 is 1.88 bits per heavy atom. The van der Waals surface area contributed by atoms with Gasteiger partial charge in [0, 0.05) is 12.6 Å². The molecule has 2 N–H and O–H groups in total. The summed E-state index contributed by atoms with van der Waals surface area (Å²) in [5.41, 5.74) is 0. The molecule has 0 spiro atoms. The number of aliphatic hydroxyl groups excluding tert-OH is 1. The number of aliphatic hydroxyl groups is 1. The summed E-state index contributed by atoms with van der Waals surface area (Å²) in [5, 5.41) is 12.4. The summed E-state index contributed by atoms with van der Waals surface area (Å²) in [4.78, 5) is 14.4. The molecule has 0 aromatic rings. The van der Waals surface area contributed by atoms with Gasteiger partial charge in [0.05, 0.1) is 12.6 Å². The van der Waals surface area contributed by atoms with Gasteiger partial charge in [-0.25, -0.2) is 0 Å². The molecule has 1 saturated carbocycles. The molecule has 1 atom stereocenters. The molecule has 1 amide bonds. The lowest BCUT2D eigenvalue weighted by Crippen LogP contribution is -2.52. The van der Waals surface area contributed by atoms with Gasteiger partial charge in [-0.2, -0.15) is 0 Å². The standard InChI is InChI=1S/C13H24N2O2/c16-10-9-15(11-5-1-2-6-11)13(17)12-7-3-4-8-14-12/h11-12,14,16H,1-10H2/t12-/m0/s1. The third kappa shape index (κ3) is 3.19. The van der Waals surface area contributed by atoms with Gasteiger partial charge < -0.3 is 15.3 Å². The van der Waals surface area contributed by atoms with Gasteiger partial charge >= 0.3 is 0 Å². The Kier molecular flexibility index (Phi) is 4.80. The van der Waals surface area contributed by atoms with Crippen molar-refractivity contribution in [2.45, 2.75) is 57.0 Å². The molecule has 0 aromatic carbocycles. The van der Waals surface area contributed by atoms with E-state index < -0.39 is 0 Å². The summed E-state index contributed by atoms with van der Waals surface area (Å²) in [6, 6.07) is 0.370. The molecule has 17 heavy (non-hydrogen) atoms. The van der Waals surface area contributed by atoms with E-state index in [9.17, 15) is 4.79 Å². The summed E-state index contributed by atoms with van der Waals surface area (Å²) in [7, 11) is 0. The highest BCUT2D eigenvalue weighted by Gasteiger charge is 2.31. The lowest BCUT2D eigenvalue weighted by molar-refractivity contribution is -0.136. The van der Waals surface area contributed by atoms with E-state index >= 15 is 0 Å². The van der Waals surface area contributed by atoms with Crippen molar-refractivity contribution in [3.63, 3.8) is 0 Å². The van der Waals surface area contributed by atoms with Crippen LogP contribution >= 0.6 is 0 Å². The average Bonchev–Trinajstić information content (AvgIpc) is 2.90. The van der Waals surface area contributed by atoms with Crippen LogP contribution in [0.4, 0.5) is 0 Å². The van der Waals surface area contributed by atoms with E-state index in [2.05, 4.69) is 5.32 Å². The van der Waals surface area contributed by atoms with E-state index in [1.165, 1.54) is 19.3 Å². The number of piperidine rings is 1. The Morgan fingerprint density at radius 3 is 2.47 bits per heavy atom. The zero-order valence-corrected chi connectivity index (χ0v) is 10.5. The molecule has 0 bridgehead atoms. The van der Waals surface area contributed by atoms with E-state index in [-0.39, 0.29) is 18.6 Å². The fraction of sp³-hybridized carbons (Fsp3) is 0.923. The highest BCUT2D eigenvalue weighted by atomic mass is 16.3. The Balaban J connectivity index is 1.95. The van der Waals surface area contributed by atoms with Crippen LogP contribution in [0.15, 0.2) is 0 Å². The molecular weight excluding hydrogens is 216 g/mol. The average molecular weight is 240 g/mol. The van der Waals surface area contributed by atoms with Crippen LogP contribution in [-0.4, -0.2) is 47.7 Å². The van der Waals surface area contributed by atoms with E-state index in [4.69, 9.17) is 5.11 Å². The monoisotopic (exact) mass is 240 g/mol. The highest BCUT2D eigenvalue weighted by Crippen LogP contribution is 2.24. The maximum absolute atomic E-state index is 12.4. The van der Waals surface area contributed by atoms with Crippen LogP contribution in [-0.2, 0) is 4.79 Å². The van der Waals surface area contributed by atoms with Crippen molar-refractivity contribution in [2.24, 2.45) is 0 Å². The Morgan fingerprint density at radius 1 is 1.18 bits per heavy atom. The molecule has 1 saturated heterocycles. The molecule has 1 aliphatic carbocycles. The SMILES string of the molecule is O=C([C@@H]1CCCCN1)N(CCO)C1CCCC1. The number of carbonyl (C=O) groups is 1. The topological polar surface area (TPSA) is 52.6 Å². The predicted octanol–water partition coefficient (Wildman–Crippen LogP) is 0.892. The van der Waals surface area contributed by atoms with Crippen LogP contribution in [0.1, 0.15) is 44.9 Å². The maximum Gasteiger partial charge on any atom is 0.240 e. The van der Waals surface area contributed by atoms with E-state index in [1.54, 1.807) is 0 Å². The lowest BCUT2D eigenvalue weighted by Gasteiger charge is -2.33. The zero-order valence-electron chi connectivity index (χ0n) is 10.5. The molecule has 4 nitrogen and oxygen atoms in total. The second-order valence-corrected chi connectivity index (χ2v) is 5.20. The molecule has 0 aromatic heterocycles. The molecular formula is C13H24N2O2. The van der Waals surface area contributed by atoms with E-state index in [1.807, 2.05) is 4.90 Å². The second kappa shape index (κ2) is 6.36. The van der Waals surface area contributed by atoms with Crippen LogP contribution in [0.2, 0.25) is 0 Å². The van der Waals surface area contributed by atoms with Crippen LogP contribution in [0.25, 0.3) is 0 Å². The fourth-order valence-electron chi connectivity index (χ4n) is 3.06. The van der Waals surface area contributed by atoms with Gasteiger partial charge in [-0.15, -0.1) is 0 Å².